The second-order valence-corrected chi connectivity index (χ2v) is 12.5. The molecular formula is C35H42O16. The number of benzene rings is 2. The molecule has 3 heterocycles. The summed E-state index contributed by atoms with van der Waals surface area (Å²) in [5.41, 5.74) is 0.471. The first-order valence-corrected chi connectivity index (χ1v) is 16.2. The quantitative estimate of drug-likeness (QED) is 0.0905. The molecule has 5 rings (SSSR count). The Morgan fingerprint density at radius 3 is 2.25 bits per heavy atom. The Morgan fingerprint density at radius 1 is 0.941 bits per heavy atom. The molecule has 0 radical (unpaired) electrons. The molecule has 2 aliphatic heterocycles. The van der Waals surface area contributed by atoms with Crippen LogP contribution in [0.2, 0.25) is 0 Å². The zero-order valence-electron chi connectivity index (χ0n) is 27.9. The highest BCUT2D eigenvalue weighted by Crippen LogP contribution is 2.44. The van der Waals surface area contributed by atoms with Gasteiger partial charge < -0.3 is 69.0 Å². The number of aliphatic hydroxyl groups excluding tert-OH is 7. The maximum atomic E-state index is 13.4. The molecular weight excluding hydrogens is 676 g/mol. The van der Waals surface area contributed by atoms with Gasteiger partial charge in [0.25, 0.3) is 0 Å². The van der Waals surface area contributed by atoms with Gasteiger partial charge in [-0.3, -0.25) is 4.79 Å². The third-order valence-corrected chi connectivity index (χ3v) is 8.79. The summed E-state index contributed by atoms with van der Waals surface area (Å²) in [4.78, 5) is 26.7. The van der Waals surface area contributed by atoms with Gasteiger partial charge in [-0.1, -0.05) is 12.1 Å². The largest absolute Gasteiger partial charge is 0.508 e. The van der Waals surface area contributed by atoms with E-state index in [1.165, 1.54) is 56.5 Å². The first-order chi connectivity index (χ1) is 24.3. The van der Waals surface area contributed by atoms with E-state index in [0.29, 0.717) is 11.1 Å². The minimum atomic E-state index is -1.89. The highest BCUT2D eigenvalue weighted by Gasteiger charge is 2.53. The molecule has 2 fully saturated rings. The van der Waals surface area contributed by atoms with Gasteiger partial charge in [-0.05, 0) is 49.2 Å². The number of carbonyl (C=O) groups excluding carboxylic acids is 1. The van der Waals surface area contributed by atoms with E-state index in [4.69, 9.17) is 28.1 Å². The number of aryl methyl sites for hydroxylation is 1. The van der Waals surface area contributed by atoms with Crippen LogP contribution in [0.4, 0.5) is 0 Å². The van der Waals surface area contributed by atoms with Gasteiger partial charge in [0.1, 0.15) is 71.7 Å². The van der Waals surface area contributed by atoms with Crippen LogP contribution in [0.3, 0.4) is 0 Å². The highest BCUT2D eigenvalue weighted by molar-refractivity contribution is 5.88. The van der Waals surface area contributed by atoms with E-state index in [9.17, 15) is 50.4 Å². The Kier molecular flexibility index (Phi) is 12.1. The predicted octanol–water partition coefficient (Wildman–Crippen LogP) is -0.658. The van der Waals surface area contributed by atoms with Gasteiger partial charge in [-0.15, -0.1) is 0 Å². The van der Waals surface area contributed by atoms with Crippen LogP contribution in [0, 0.1) is 6.92 Å². The molecule has 3 aromatic rings. The highest BCUT2D eigenvalue weighted by atomic mass is 16.7. The second-order valence-electron chi connectivity index (χ2n) is 12.5. The van der Waals surface area contributed by atoms with E-state index in [0.717, 1.165) is 6.08 Å². The normalized spacial score (nSPS) is 30.4. The minimum Gasteiger partial charge on any atom is -0.508 e. The number of methoxy groups -OCH3 is 1. The number of fused-ring (bicyclic) bond motifs is 1. The summed E-state index contributed by atoms with van der Waals surface area (Å²) >= 11 is 0. The third kappa shape index (κ3) is 8.10. The van der Waals surface area contributed by atoms with Crippen LogP contribution in [0.5, 0.6) is 11.5 Å². The maximum Gasteiger partial charge on any atom is 0.331 e. The summed E-state index contributed by atoms with van der Waals surface area (Å²) < 4.78 is 35.1. The van der Waals surface area contributed by atoms with Gasteiger partial charge >= 0.3 is 5.97 Å². The van der Waals surface area contributed by atoms with Crippen molar-refractivity contribution in [2.24, 2.45) is 0 Å². The molecule has 51 heavy (non-hydrogen) atoms. The van der Waals surface area contributed by atoms with Crippen LogP contribution in [-0.2, 0) is 30.2 Å². The molecule has 0 saturated carbocycles. The lowest BCUT2D eigenvalue weighted by atomic mass is 9.88. The number of hydrogen-bond acceptors (Lipinski definition) is 16. The molecule has 8 N–H and O–H groups in total. The Morgan fingerprint density at radius 2 is 1.63 bits per heavy atom. The average Bonchev–Trinajstić information content (AvgIpc) is 3.09. The van der Waals surface area contributed by atoms with Crippen molar-refractivity contribution in [2.45, 2.75) is 87.6 Å². The first-order valence-electron chi connectivity index (χ1n) is 16.2. The van der Waals surface area contributed by atoms with Crippen molar-refractivity contribution in [1.29, 1.82) is 0 Å². The molecule has 16 heteroatoms. The summed E-state index contributed by atoms with van der Waals surface area (Å²) in [5.74, 6) is -0.770. The molecule has 0 unspecified atom stereocenters. The number of ether oxygens (including phenoxy) is 5. The molecule has 278 valence electrons. The van der Waals surface area contributed by atoms with E-state index in [1.807, 2.05) is 0 Å². The van der Waals surface area contributed by atoms with E-state index in [1.54, 1.807) is 6.92 Å². The average molecular weight is 719 g/mol. The number of phenols is 1. The maximum absolute atomic E-state index is 13.4. The number of aliphatic hydroxyl groups is 7. The van der Waals surface area contributed by atoms with E-state index < -0.39 is 91.9 Å². The fraction of sp³-hybridized carbons (Fsp3) is 0.486. The number of aromatic hydroxyl groups is 1. The number of carbonyl (C=O) groups is 1. The molecule has 2 saturated heterocycles. The standard InChI is InChI=1S/C35H42O16/c1-15-10-21(46-3)26(32-25(15)20(40)12-19(47-32)11-16(2)38)33-34(50-24(41)9-6-17-4-7-18(39)8-5-17)30(45)31(23(14-37)48-33)51-35-29(44)28(43)27(42)22(13-36)49-35/h4-10,12,16,22-23,27-31,33-39,42-45H,11,13-14H2,1-3H3/t16-,22+,23+,27+,28-,29+,30-,31+,33-,34+,35-/m0/s1. The Hall–Kier alpha value is -3.94. The number of phenolic OH excluding ortho intramolecular Hbond substituents is 1. The topological polar surface area (TPSA) is 255 Å². The van der Waals surface area contributed by atoms with Crippen LogP contribution in [0.25, 0.3) is 17.0 Å². The molecule has 0 amide bonds. The lowest BCUT2D eigenvalue weighted by Crippen LogP contribution is -2.63. The van der Waals surface area contributed by atoms with Crippen LogP contribution in [0.15, 0.2) is 51.7 Å². The second kappa shape index (κ2) is 16.2. The van der Waals surface area contributed by atoms with Crippen molar-refractivity contribution in [2.75, 3.05) is 20.3 Å². The van der Waals surface area contributed by atoms with Gasteiger partial charge in [-0.25, -0.2) is 4.79 Å². The number of rotatable bonds is 11. The van der Waals surface area contributed by atoms with Crippen LogP contribution >= 0.6 is 0 Å². The summed E-state index contributed by atoms with van der Waals surface area (Å²) in [6.45, 7) is 1.56. The van der Waals surface area contributed by atoms with E-state index in [2.05, 4.69) is 0 Å². The summed E-state index contributed by atoms with van der Waals surface area (Å²) in [6.07, 6.45) is -15.2. The molecule has 0 aliphatic carbocycles. The molecule has 16 nitrogen and oxygen atoms in total. The van der Waals surface area contributed by atoms with E-state index >= 15 is 0 Å². The van der Waals surface area contributed by atoms with Crippen LogP contribution in [-0.4, -0.2) is 128 Å². The Bertz CT molecular complexity index is 1750. The minimum absolute atomic E-state index is 0.00597. The van der Waals surface area contributed by atoms with E-state index in [-0.39, 0.29) is 40.2 Å². The smallest absolute Gasteiger partial charge is 0.331 e. The molecule has 1 aromatic heterocycles. The van der Waals surface area contributed by atoms with Crippen LogP contribution < -0.4 is 10.2 Å². The first kappa shape index (κ1) is 38.3. The summed E-state index contributed by atoms with van der Waals surface area (Å²) in [6, 6.07) is 8.64. The van der Waals surface area contributed by atoms with Crippen LogP contribution in [0.1, 0.15) is 35.5 Å². The molecule has 0 spiro atoms. The fourth-order valence-corrected chi connectivity index (χ4v) is 6.26. The van der Waals surface area contributed by atoms with Gasteiger partial charge in [-0.2, -0.15) is 0 Å². The molecule has 2 aromatic carbocycles. The van der Waals surface area contributed by atoms with Gasteiger partial charge in [0, 0.05) is 18.6 Å². The van der Waals surface area contributed by atoms with Gasteiger partial charge in [0.15, 0.2) is 17.8 Å². The summed E-state index contributed by atoms with van der Waals surface area (Å²) in [5, 5.41) is 83.0. The predicted molar refractivity (Wildman–Crippen MR) is 176 cm³/mol. The molecule has 11 atom stereocenters. The van der Waals surface area contributed by atoms with Crippen molar-refractivity contribution in [3.05, 3.63) is 75.1 Å². The zero-order chi connectivity index (χ0) is 37.1. The Balaban J connectivity index is 1.61. The van der Waals surface area contributed by atoms with Crippen molar-refractivity contribution in [3.63, 3.8) is 0 Å². The van der Waals surface area contributed by atoms with Crippen molar-refractivity contribution >= 4 is 23.0 Å². The fourth-order valence-electron chi connectivity index (χ4n) is 6.26. The van der Waals surface area contributed by atoms with Gasteiger partial charge in [0.05, 0.1) is 37.4 Å². The third-order valence-electron chi connectivity index (χ3n) is 8.79. The Labute approximate surface area is 291 Å². The SMILES string of the molecule is COc1cc(C)c2c(=O)cc(C[C@H](C)O)oc2c1[C@@H]1O[C@H](CO)[C@@H](O[C@@H]2O[C@H](CO)[C@@H](O)[C@H](O)[C@H]2O)[C@H](O)[C@H]1OC(=O)C=Cc1ccc(O)cc1. The molecule has 2 aliphatic rings. The zero-order valence-corrected chi connectivity index (χ0v) is 27.9. The molecule has 0 bridgehead atoms. The van der Waals surface area contributed by atoms with Crippen molar-refractivity contribution in [1.82, 2.24) is 0 Å². The van der Waals surface area contributed by atoms with Crippen molar-refractivity contribution in [3.8, 4) is 11.5 Å². The summed E-state index contributed by atoms with van der Waals surface area (Å²) in [7, 11) is 1.33. The number of esters is 1. The number of hydrogen-bond donors (Lipinski definition) is 8. The van der Waals surface area contributed by atoms with Gasteiger partial charge in [0.2, 0.25) is 0 Å². The lowest BCUT2D eigenvalue weighted by Gasteiger charge is -2.47. The van der Waals surface area contributed by atoms with Crippen molar-refractivity contribution < 1.29 is 73.7 Å². The lowest BCUT2D eigenvalue weighted by molar-refractivity contribution is -0.343. The monoisotopic (exact) mass is 718 g/mol.